The van der Waals surface area contributed by atoms with Crippen LogP contribution in [0.2, 0.25) is 0 Å². The predicted molar refractivity (Wildman–Crippen MR) is 94.0 cm³/mol. The Morgan fingerprint density at radius 3 is 2.75 bits per heavy atom. The molecule has 24 heavy (non-hydrogen) atoms. The molecule has 4 unspecified atom stereocenters. The standard InChI is InChI=1S/C20H26N2O2/c1-12(18-10-14-3-4-15(18)9-14)21-20(24)17-5-6-19-16(11-17)7-8-22(19)13(2)23/h5-6,11-12,14-15,18H,3-4,7-10H2,1-2H3,(H,21,24). The van der Waals surface area contributed by atoms with Crippen molar-refractivity contribution in [1.29, 1.82) is 0 Å². The van der Waals surface area contributed by atoms with E-state index in [4.69, 9.17) is 0 Å². The highest BCUT2D eigenvalue weighted by atomic mass is 16.2. The summed E-state index contributed by atoms with van der Waals surface area (Å²) in [7, 11) is 0. The predicted octanol–water partition coefficient (Wildman–Crippen LogP) is 3.15. The fourth-order valence-electron chi connectivity index (χ4n) is 5.17. The molecule has 0 spiro atoms. The molecular weight excluding hydrogens is 300 g/mol. The molecule has 1 aromatic carbocycles. The first-order valence-electron chi connectivity index (χ1n) is 9.25. The van der Waals surface area contributed by atoms with Crippen LogP contribution in [0.1, 0.15) is 55.5 Å². The Labute approximate surface area is 143 Å². The van der Waals surface area contributed by atoms with Crippen LogP contribution in [-0.4, -0.2) is 24.4 Å². The van der Waals surface area contributed by atoms with Crippen LogP contribution in [0.4, 0.5) is 5.69 Å². The molecule has 2 fully saturated rings. The molecule has 1 aromatic rings. The SMILES string of the molecule is CC(=O)N1CCc2cc(C(=O)NC(C)C3CC4CCC3C4)ccc21. The number of rotatable bonds is 3. The molecule has 3 aliphatic rings. The van der Waals surface area contributed by atoms with Gasteiger partial charge in [0.1, 0.15) is 0 Å². The number of carbonyl (C=O) groups is 2. The second-order valence-corrected chi connectivity index (χ2v) is 7.86. The van der Waals surface area contributed by atoms with Gasteiger partial charge in [-0.1, -0.05) is 6.42 Å². The largest absolute Gasteiger partial charge is 0.349 e. The second-order valence-electron chi connectivity index (χ2n) is 7.86. The first-order valence-corrected chi connectivity index (χ1v) is 9.25. The Bertz CT molecular complexity index is 684. The maximum Gasteiger partial charge on any atom is 0.251 e. The molecule has 2 bridgehead atoms. The van der Waals surface area contributed by atoms with Gasteiger partial charge in [-0.3, -0.25) is 9.59 Å². The van der Waals surface area contributed by atoms with Crippen molar-refractivity contribution >= 4 is 17.5 Å². The van der Waals surface area contributed by atoms with Gasteiger partial charge in [0.25, 0.3) is 5.91 Å². The molecule has 2 amide bonds. The third kappa shape index (κ3) is 2.62. The first-order chi connectivity index (χ1) is 11.5. The molecule has 2 aliphatic carbocycles. The molecule has 2 saturated carbocycles. The Kier molecular flexibility index (Phi) is 3.86. The number of nitrogens with zero attached hydrogens (tertiary/aromatic N) is 1. The Morgan fingerprint density at radius 1 is 1.25 bits per heavy atom. The summed E-state index contributed by atoms with van der Waals surface area (Å²) in [6, 6.07) is 5.97. The van der Waals surface area contributed by atoms with Crippen molar-refractivity contribution in [2.45, 2.75) is 52.0 Å². The van der Waals surface area contributed by atoms with E-state index in [2.05, 4.69) is 12.2 Å². The molecule has 0 aromatic heterocycles. The maximum absolute atomic E-state index is 12.6. The van der Waals surface area contributed by atoms with Gasteiger partial charge in [0.2, 0.25) is 5.91 Å². The number of fused-ring (bicyclic) bond motifs is 3. The molecule has 1 N–H and O–H groups in total. The van der Waals surface area contributed by atoms with Gasteiger partial charge in [0.05, 0.1) is 0 Å². The third-order valence-electron chi connectivity index (χ3n) is 6.41. The number of hydrogen-bond acceptors (Lipinski definition) is 2. The minimum absolute atomic E-state index is 0.0225. The molecule has 0 radical (unpaired) electrons. The van der Waals surface area contributed by atoms with Crippen LogP contribution in [0.5, 0.6) is 0 Å². The third-order valence-corrected chi connectivity index (χ3v) is 6.41. The van der Waals surface area contributed by atoms with Gasteiger partial charge in [0.15, 0.2) is 0 Å². The zero-order valence-corrected chi connectivity index (χ0v) is 14.5. The van der Waals surface area contributed by atoms with Crippen LogP contribution in [0.15, 0.2) is 18.2 Å². The van der Waals surface area contributed by atoms with E-state index >= 15 is 0 Å². The van der Waals surface area contributed by atoms with Gasteiger partial charge in [-0.25, -0.2) is 0 Å². The Morgan fingerprint density at radius 2 is 2.08 bits per heavy atom. The van der Waals surface area contributed by atoms with Gasteiger partial charge in [-0.05, 0) is 74.1 Å². The number of hydrogen-bond donors (Lipinski definition) is 1. The molecule has 4 heteroatoms. The van der Waals surface area contributed by atoms with Crippen molar-refractivity contribution in [1.82, 2.24) is 5.32 Å². The molecule has 128 valence electrons. The average Bonchev–Trinajstić information content (AvgIpc) is 3.28. The zero-order valence-electron chi connectivity index (χ0n) is 14.5. The quantitative estimate of drug-likeness (QED) is 0.927. The smallest absolute Gasteiger partial charge is 0.251 e. The average molecular weight is 326 g/mol. The topological polar surface area (TPSA) is 49.4 Å². The Hall–Kier alpha value is -1.84. The molecule has 1 aliphatic heterocycles. The highest BCUT2D eigenvalue weighted by Crippen LogP contribution is 2.49. The lowest BCUT2D eigenvalue weighted by atomic mass is 9.84. The van der Waals surface area contributed by atoms with Crippen LogP contribution in [0.25, 0.3) is 0 Å². The minimum Gasteiger partial charge on any atom is -0.349 e. The van der Waals surface area contributed by atoms with Gasteiger partial charge in [-0.15, -0.1) is 0 Å². The summed E-state index contributed by atoms with van der Waals surface area (Å²) < 4.78 is 0. The first kappa shape index (κ1) is 15.7. The van der Waals surface area contributed by atoms with Gasteiger partial charge >= 0.3 is 0 Å². The molecule has 4 nitrogen and oxygen atoms in total. The molecule has 4 atom stereocenters. The van der Waals surface area contributed by atoms with Crippen molar-refractivity contribution in [2.24, 2.45) is 17.8 Å². The van der Waals surface area contributed by atoms with Crippen LogP contribution < -0.4 is 10.2 Å². The Balaban J connectivity index is 1.44. The van der Waals surface area contributed by atoms with E-state index in [1.807, 2.05) is 18.2 Å². The summed E-state index contributed by atoms with van der Waals surface area (Å²) >= 11 is 0. The number of nitrogens with one attached hydrogen (secondary N) is 1. The van der Waals surface area contributed by atoms with Crippen LogP contribution in [0.3, 0.4) is 0 Å². The maximum atomic E-state index is 12.6. The van der Waals surface area contributed by atoms with E-state index in [-0.39, 0.29) is 17.9 Å². The summed E-state index contributed by atoms with van der Waals surface area (Å²) in [5, 5.41) is 3.23. The summed E-state index contributed by atoms with van der Waals surface area (Å²) in [6.45, 7) is 4.47. The van der Waals surface area contributed by atoms with E-state index in [0.717, 1.165) is 36.1 Å². The molecule has 1 heterocycles. The molecule has 4 rings (SSSR count). The lowest BCUT2D eigenvalue weighted by molar-refractivity contribution is -0.116. The summed E-state index contributed by atoms with van der Waals surface area (Å²) in [5.74, 6) is 2.45. The number of amides is 2. The number of carbonyl (C=O) groups excluding carboxylic acids is 2. The van der Waals surface area contributed by atoms with Gasteiger partial charge in [0, 0.05) is 30.8 Å². The van der Waals surface area contributed by atoms with Crippen molar-refractivity contribution in [3.63, 3.8) is 0 Å². The minimum atomic E-state index is 0.0225. The molecular formula is C20H26N2O2. The summed E-state index contributed by atoms with van der Waals surface area (Å²) in [4.78, 5) is 26.1. The van der Waals surface area contributed by atoms with Gasteiger partial charge < -0.3 is 10.2 Å². The number of benzene rings is 1. The monoisotopic (exact) mass is 326 g/mol. The number of anilines is 1. The van der Waals surface area contributed by atoms with E-state index < -0.39 is 0 Å². The van der Waals surface area contributed by atoms with Crippen molar-refractivity contribution in [3.05, 3.63) is 29.3 Å². The second kappa shape index (κ2) is 5.91. The normalized spacial score (nSPS) is 28.8. The highest BCUT2D eigenvalue weighted by molar-refractivity contribution is 5.98. The lowest BCUT2D eigenvalue weighted by Gasteiger charge is -2.28. The van der Waals surface area contributed by atoms with Crippen molar-refractivity contribution in [3.8, 4) is 0 Å². The lowest BCUT2D eigenvalue weighted by Crippen LogP contribution is -2.40. The van der Waals surface area contributed by atoms with Crippen LogP contribution in [0, 0.1) is 17.8 Å². The summed E-state index contributed by atoms with van der Waals surface area (Å²) in [5.41, 5.74) is 2.78. The summed E-state index contributed by atoms with van der Waals surface area (Å²) in [6.07, 6.45) is 6.21. The van der Waals surface area contributed by atoms with Crippen LogP contribution >= 0.6 is 0 Å². The van der Waals surface area contributed by atoms with E-state index in [9.17, 15) is 9.59 Å². The van der Waals surface area contributed by atoms with Gasteiger partial charge in [-0.2, -0.15) is 0 Å². The van der Waals surface area contributed by atoms with Crippen molar-refractivity contribution in [2.75, 3.05) is 11.4 Å². The highest BCUT2D eigenvalue weighted by Gasteiger charge is 2.42. The zero-order chi connectivity index (χ0) is 16.8. The fraction of sp³-hybridized carbons (Fsp3) is 0.600. The fourth-order valence-corrected chi connectivity index (χ4v) is 5.17. The van der Waals surface area contributed by atoms with E-state index in [1.54, 1.807) is 11.8 Å². The van der Waals surface area contributed by atoms with E-state index in [0.29, 0.717) is 11.5 Å². The molecule has 0 saturated heterocycles. The van der Waals surface area contributed by atoms with Crippen LogP contribution in [-0.2, 0) is 11.2 Å². The van der Waals surface area contributed by atoms with Crippen molar-refractivity contribution < 1.29 is 9.59 Å². The van der Waals surface area contributed by atoms with E-state index in [1.165, 1.54) is 25.7 Å².